The largest absolute Gasteiger partial charge is 0.484 e. The quantitative estimate of drug-likeness (QED) is 0.502. The van der Waals surface area contributed by atoms with Gasteiger partial charge in [0.05, 0.1) is 0 Å². The van der Waals surface area contributed by atoms with Gasteiger partial charge in [-0.1, -0.05) is 45.9 Å². The van der Waals surface area contributed by atoms with Crippen molar-refractivity contribution in [1.82, 2.24) is 9.80 Å². The number of anilines is 1. The van der Waals surface area contributed by atoms with E-state index in [1.54, 1.807) is 15.9 Å². The van der Waals surface area contributed by atoms with Crippen molar-refractivity contribution in [1.29, 1.82) is 0 Å². The van der Waals surface area contributed by atoms with Crippen molar-refractivity contribution in [2.75, 3.05) is 44.2 Å². The number of rotatable bonds is 7. The second-order valence-corrected chi connectivity index (χ2v) is 10.7. The fourth-order valence-corrected chi connectivity index (χ4v) is 4.78. The zero-order chi connectivity index (χ0) is 26.8. The van der Waals surface area contributed by atoms with Crippen LogP contribution in [0.15, 0.2) is 48.5 Å². The molecule has 202 valence electrons. The van der Waals surface area contributed by atoms with E-state index in [0.717, 1.165) is 32.5 Å². The van der Waals surface area contributed by atoms with Crippen LogP contribution >= 0.6 is 0 Å². The van der Waals surface area contributed by atoms with Gasteiger partial charge in [-0.3, -0.25) is 9.59 Å². The first-order chi connectivity index (χ1) is 17.7. The molecule has 37 heavy (non-hydrogen) atoms. The van der Waals surface area contributed by atoms with Crippen molar-refractivity contribution in [2.45, 2.75) is 53.5 Å². The van der Waals surface area contributed by atoms with Crippen LogP contribution in [0, 0.1) is 17.7 Å². The number of hydrogen-bond donors (Lipinski definition) is 0. The van der Waals surface area contributed by atoms with Gasteiger partial charge in [0, 0.05) is 38.3 Å². The summed E-state index contributed by atoms with van der Waals surface area (Å²) in [4.78, 5) is 32.6. The highest BCUT2D eigenvalue weighted by Crippen LogP contribution is 2.26. The van der Waals surface area contributed by atoms with E-state index >= 15 is 0 Å². The Balaban J connectivity index is 1.90. The molecule has 0 aromatic heterocycles. The molecular formula is C30H42FN3O3. The molecule has 0 saturated carbocycles. The zero-order valence-electron chi connectivity index (χ0n) is 22.8. The number of carbonyl (C=O) groups is 2. The lowest BCUT2D eigenvalue weighted by Gasteiger charge is -2.32. The van der Waals surface area contributed by atoms with Gasteiger partial charge in [-0.25, -0.2) is 4.39 Å². The fraction of sp³-hybridized carbons (Fsp3) is 0.533. The van der Waals surface area contributed by atoms with Gasteiger partial charge in [0.2, 0.25) is 5.91 Å². The van der Waals surface area contributed by atoms with E-state index in [-0.39, 0.29) is 36.7 Å². The smallest absolute Gasteiger partial charge is 0.260 e. The van der Waals surface area contributed by atoms with E-state index in [9.17, 15) is 14.0 Å². The molecule has 0 aliphatic carbocycles. The topological polar surface area (TPSA) is 53.1 Å². The van der Waals surface area contributed by atoms with E-state index in [1.807, 2.05) is 44.2 Å². The van der Waals surface area contributed by atoms with E-state index < -0.39 is 0 Å². The zero-order valence-corrected chi connectivity index (χ0v) is 22.8. The second-order valence-electron chi connectivity index (χ2n) is 10.7. The maximum absolute atomic E-state index is 14.4. The number of hydrogen-bond acceptors (Lipinski definition) is 4. The third kappa shape index (κ3) is 9.15. The fourth-order valence-electron chi connectivity index (χ4n) is 4.78. The lowest BCUT2D eigenvalue weighted by molar-refractivity contribution is -0.134. The molecular weight excluding hydrogens is 469 g/mol. The standard InChI is InChI=1S/C30H42FN3O3/c1-23(2)18-29(35)34-17-9-15-32(20-24(3)4)14-8-16-33(21-25-19-26(31)12-13-28(25)34)30(36)22-37-27-10-6-5-7-11-27/h5-7,10-13,19,23-24H,8-9,14-18,20-22H2,1-4H3. The van der Waals surface area contributed by atoms with Crippen molar-refractivity contribution in [2.24, 2.45) is 11.8 Å². The van der Waals surface area contributed by atoms with E-state index in [2.05, 4.69) is 18.7 Å². The molecule has 2 aromatic rings. The summed E-state index contributed by atoms with van der Waals surface area (Å²) in [5.74, 6) is 0.853. The van der Waals surface area contributed by atoms with Gasteiger partial charge in [0.15, 0.2) is 6.61 Å². The Morgan fingerprint density at radius 1 is 0.892 bits per heavy atom. The van der Waals surface area contributed by atoms with Crippen LogP contribution in [-0.4, -0.2) is 60.9 Å². The van der Waals surface area contributed by atoms with Gasteiger partial charge in [0.25, 0.3) is 5.91 Å². The average Bonchev–Trinajstić information content (AvgIpc) is 2.84. The Morgan fingerprint density at radius 2 is 1.59 bits per heavy atom. The van der Waals surface area contributed by atoms with Gasteiger partial charge in [-0.05, 0) is 73.7 Å². The molecule has 3 rings (SSSR count). The Bertz CT molecular complexity index is 1010. The lowest BCUT2D eigenvalue weighted by atomic mass is 10.1. The molecule has 0 N–H and O–H groups in total. The summed E-state index contributed by atoms with van der Waals surface area (Å²) in [5, 5.41) is 0. The summed E-state index contributed by atoms with van der Waals surface area (Å²) in [6.07, 6.45) is 2.06. The molecule has 0 radical (unpaired) electrons. The molecule has 0 fully saturated rings. The van der Waals surface area contributed by atoms with Crippen LogP contribution in [0.4, 0.5) is 10.1 Å². The summed E-state index contributed by atoms with van der Waals surface area (Å²) in [6.45, 7) is 12.4. The molecule has 2 amide bonds. The maximum atomic E-state index is 14.4. The van der Waals surface area contributed by atoms with Crippen LogP contribution < -0.4 is 9.64 Å². The highest BCUT2D eigenvalue weighted by Gasteiger charge is 2.24. The molecule has 1 aliphatic heterocycles. The minimum absolute atomic E-state index is 0.0283. The molecule has 1 aliphatic rings. The first-order valence-corrected chi connectivity index (χ1v) is 13.5. The number of halogens is 1. The van der Waals surface area contributed by atoms with Crippen molar-refractivity contribution >= 4 is 17.5 Å². The summed E-state index contributed by atoms with van der Waals surface area (Å²) in [7, 11) is 0. The predicted molar refractivity (Wildman–Crippen MR) is 146 cm³/mol. The molecule has 6 nitrogen and oxygen atoms in total. The Labute approximate surface area is 221 Å². The van der Waals surface area contributed by atoms with Crippen LogP contribution in [0.25, 0.3) is 0 Å². The van der Waals surface area contributed by atoms with Gasteiger partial charge >= 0.3 is 0 Å². The third-order valence-corrected chi connectivity index (χ3v) is 6.42. The summed E-state index contributed by atoms with van der Waals surface area (Å²) < 4.78 is 20.2. The summed E-state index contributed by atoms with van der Waals surface area (Å²) >= 11 is 0. The van der Waals surface area contributed by atoms with Crippen LogP contribution in [0.5, 0.6) is 5.75 Å². The van der Waals surface area contributed by atoms with Crippen molar-refractivity contribution in [3.05, 3.63) is 59.9 Å². The van der Waals surface area contributed by atoms with Gasteiger partial charge in [-0.15, -0.1) is 0 Å². The number of para-hydroxylation sites is 1. The monoisotopic (exact) mass is 511 g/mol. The van der Waals surface area contributed by atoms with Crippen LogP contribution in [0.2, 0.25) is 0 Å². The number of carbonyl (C=O) groups excluding carboxylic acids is 2. The number of amides is 2. The van der Waals surface area contributed by atoms with Crippen molar-refractivity contribution < 1.29 is 18.7 Å². The minimum Gasteiger partial charge on any atom is -0.484 e. The molecule has 0 bridgehead atoms. The van der Waals surface area contributed by atoms with E-state index in [0.29, 0.717) is 42.4 Å². The molecule has 0 saturated heterocycles. The Hall–Kier alpha value is -2.93. The van der Waals surface area contributed by atoms with Gasteiger partial charge < -0.3 is 19.4 Å². The number of ether oxygens (including phenoxy) is 1. The Morgan fingerprint density at radius 3 is 2.27 bits per heavy atom. The first-order valence-electron chi connectivity index (χ1n) is 13.5. The normalized spacial score (nSPS) is 15.8. The second kappa shape index (κ2) is 14.1. The molecule has 1 heterocycles. The summed E-state index contributed by atoms with van der Waals surface area (Å²) in [6, 6.07) is 13.8. The number of benzene rings is 2. The average molecular weight is 512 g/mol. The molecule has 0 unspecified atom stereocenters. The molecule has 7 heteroatoms. The number of fused-ring (bicyclic) bond motifs is 1. The Kier molecular flexibility index (Phi) is 10.9. The maximum Gasteiger partial charge on any atom is 0.260 e. The summed E-state index contributed by atoms with van der Waals surface area (Å²) in [5.41, 5.74) is 1.33. The van der Waals surface area contributed by atoms with Crippen molar-refractivity contribution in [3.8, 4) is 5.75 Å². The van der Waals surface area contributed by atoms with Crippen LogP contribution in [0.1, 0.15) is 52.5 Å². The van der Waals surface area contributed by atoms with Crippen molar-refractivity contribution in [3.63, 3.8) is 0 Å². The molecule has 2 aromatic carbocycles. The van der Waals surface area contributed by atoms with Gasteiger partial charge in [-0.2, -0.15) is 0 Å². The molecule has 0 spiro atoms. The van der Waals surface area contributed by atoms with E-state index in [4.69, 9.17) is 4.74 Å². The predicted octanol–water partition coefficient (Wildman–Crippen LogP) is 5.36. The third-order valence-electron chi connectivity index (χ3n) is 6.42. The highest BCUT2D eigenvalue weighted by atomic mass is 19.1. The van der Waals surface area contributed by atoms with Gasteiger partial charge in [0.1, 0.15) is 11.6 Å². The lowest BCUT2D eigenvalue weighted by Crippen LogP contribution is -2.41. The highest BCUT2D eigenvalue weighted by molar-refractivity contribution is 5.94. The minimum atomic E-state index is -0.377. The molecule has 0 atom stereocenters. The first kappa shape index (κ1) is 28.6. The van der Waals surface area contributed by atoms with Crippen LogP contribution in [0.3, 0.4) is 0 Å². The van der Waals surface area contributed by atoms with Crippen LogP contribution in [-0.2, 0) is 16.1 Å². The van der Waals surface area contributed by atoms with E-state index in [1.165, 1.54) is 12.1 Å². The number of nitrogens with zero attached hydrogens (tertiary/aromatic N) is 3. The SMILES string of the molecule is CC(C)CC(=O)N1CCCN(CC(C)C)CCCN(C(=O)COc2ccccc2)Cc2cc(F)ccc21.